The smallest absolute Gasteiger partial charge is 0.355 e. The highest BCUT2D eigenvalue weighted by molar-refractivity contribution is 6.00. The van der Waals surface area contributed by atoms with Crippen LogP contribution in [0.1, 0.15) is 24.0 Å². The molecule has 3 amide bonds. The molecule has 1 fully saturated rings. The van der Waals surface area contributed by atoms with E-state index in [1.54, 1.807) is 24.5 Å². The molecule has 0 radical (unpaired) electrons. The van der Waals surface area contributed by atoms with Gasteiger partial charge in [0.2, 0.25) is 17.7 Å². The van der Waals surface area contributed by atoms with E-state index < -0.39 is 29.5 Å². The zero-order chi connectivity index (χ0) is 22.4. The summed E-state index contributed by atoms with van der Waals surface area (Å²) >= 11 is 0. The van der Waals surface area contributed by atoms with E-state index in [2.05, 4.69) is 15.6 Å². The van der Waals surface area contributed by atoms with Crippen LogP contribution in [-0.2, 0) is 27.1 Å². The summed E-state index contributed by atoms with van der Waals surface area (Å²) < 4.78 is 38.7. The lowest BCUT2D eigenvalue weighted by Gasteiger charge is -2.18. The second kappa shape index (κ2) is 9.59. The molecule has 1 aliphatic heterocycles. The highest BCUT2D eigenvalue weighted by Crippen LogP contribution is 2.33. The summed E-state index contributed by atoms with van der Waals surface area (Å²) in [7, 11) is 0. The third kappa shape index (κ3) is 6.03. The molecule has 0 saturated carbocycles. The van der Waals surface area contributed by atoms with E-state index >= 15 is 0 Å². The van der Waals surface area contributed by atoms with Crippen LogP contribution in [0.5, 0.6) is 0 Å². The highest BCUT2D eigenvalue weighted by atomic mass is 19.4. The van der Waals surface area contributed by atoms with Gasteiger partial charge >= 0.3 is 6.18 Å². The van der Waals surface area contributed by atoms with Crippen molar-refractivity contribution in [2.75, 3.05) is 18.0 Å². The lowest BCUT2D eigenvalue weighted by Crippen LogP contribution is -2.35. The predicted octanol–water partition coefficient (Wildman–Crippen LogP) is 2.28. The fourth-order valence-corrected chi connectivity index (χ4v) is 3.22. The number of alkyl halides is 3. The first kappa shape index (κ1) is 22.3. The first-order valence-electron chi connectivity index (χ1n) is 9.65. The van der Waals surface area contributed by atoms with Crippen molar-refractivity contribution in [2.24, 2.45) is 5.92 Å². The Labute approximate surface area is 176 Å². The topological polar surface area (TPSA) is 91.4 Å². The molecule has 3 rings (SSSR count). The summed E-state index contributed by atoms with van der Waals surface area (Å²) in [5.74, 6) is -1.77. The van der Waals surface area contributed by atoms with Gasteiger partial charge in [0, 0.05) is 50.6 Å². The van der Waals surface area contributed by atoms with Gasteiger partial charge in [-0.3, -0.25) is 19.4 Å². The Morgan fingerprint density at radius 3 is 2.58 bits per heavy atom. The maximum atomic E-state index is 12.9. The molecule has 0 bridgehead atoms. The number of nitrogens with zero attached hydrogens (tertiary/aromatic N) is 2. The molecule has 1 unspecified atom stereocenters. The summed E-state index contributed by atoms with van der Waals surface area (Å²) in [4.78, 5) is 41.6. The largest absolute Gasteiger partial charge is 0.416 e. The fourth-order valence-electron chi connectivity index (χ4n) is 3.22. The summed E-state index contributed by atoms with van der Waals surface area (Å²) in [6.07, 6.45) is -1.32. The molecule has 10 heteroatoms. The first-order chi connectivity index (χ1) is 14.7. The molecule has 0 aliphatic carbocycles. The van der Waals surface area contributed by atoms with E-state index in [0.29, 0.717) is 6.54 Å². The first-order valence-corrected chi connectivity index (χ1v) is 9.65. The van der Waals surface area contributed by atoms with Gasteiger partial charge in [-0.1, -0.05) is 6.07 Å². The minimum Gasteiger partial charge on any atom is -0.355 e. The van der Waals surface area contributed by atoms with Crippen molar-refractivity contribution in [3.8, 4) is 0 Å². The molecule has 1 aromatic heterocycles. The van der Waals surface area contributed by atoms with Crippen molar-refractivity contribution in [1.82, 2.24) is 15.6 Å². The van der Waals surface area contributed by atoms with Crippen LogP contribution in [-0.4, -0.2) is 35.8 Å². The predicted molar refractivity (Wildman–Crippen MR) is 106 cm³/mol. The van der Waals surface area contributed by atoms with Crippen molar-refractivity contribution in [3.63, 3.8) is 0 Å². The quantitative estimate of drug-likeness (QED) is 0.700. The van der Waals surface area contributed by atoms with Gasteiger partial charge in [0.25, 0.3) is 0 Å². The van der Waals surface area contributed by atoms with E-state index in [9.17, 15) is 27.6 Å². The summed E-state index contributed by atoms with van der Waals surface area (Å²) in [6, 6.07) is 7.99. The number of benzene rings is 1. The molecular formula is C21H21F3N4O3. The van der Waals surface area contributed by atoms with Gasteiger partial charge in [-0.2, -0.15) is 13.2 Å². The van der Waals surface area contributed by atoms with E-state index in [-0.39, 0.29) is 37.5 Å². The Morgan fingerprint density at radius 2 is 1.87 bits per heavy atom. The molecule has 0 spiro atoms. The molecule has 2 aromatic rings. The van der Waals surface area contributed by atoms with Gasteiger partial charge in [0.1, 0.15) is 0 Å². The number of anilines is 1. The number of pyridine rings is 1. The molecule has 1 aliphatic rings. The highest BCUT2D eigenvalue weighted by Gasteiger charge is 2.36. The van der Waals surface area contributed by atoms with Crippen molar-refractivity contribution < 1.29 is 27.6 Å². The average molecular weight is 434 g/mol. The number of amides is 3. The monoisotopic (exact) mass is 434 g/mol. The van der Waals surface area contributed by atoms with Crippen LogP contribution in [0.3, 0.4) is 0 Å². The Hall–Kier alpha value is -3.43. The maximum Gasteiger partial charge on any atom is 0.416 e. The van der Waals surface area contributed by atoms with Crippen LogP contribution in [0.15, 0.2) is 48.8 Å². The summed E-state index contributed by atoms with van der Waals surface area (Å²) in [5, 5.41) is 5.34. The normalized spacial score (nSPS) is 16.3. The standard InChI is InChI=1S/C21H21F3N4O3/c22-21(23,24)16-2-1-3-17(11-16)28-13-15(10-19(28)30)20(31)26-9-6-18(29)27-12-14-4-7-25-8-5-14/h1-5,7-8,11,15H,6,9-10,12-13H2,(H,26,31)(H,27,29). The van der Waals surface area contributed by atoms with Crippen molar-refractivity contribution >= 4 is 23.4 Å². The second-order valence-electron chi connectivity index (χ2n) is 7.13. The minimum atomic E-state index is -4.52. The number of nitrogens with one attached hydrogen (secondary N) is 2. The zero-order valence-corrected chi connectivity index (χ0v) is 16.5. The summed E-state index contributed by atoms with van der Waals surface area (Å²) in [6.45, 7) is 0.424. The van der Waals surface area contributed by atoms with Gasteiger partial charge < -0.3 is 15.5 Å². The van der Waals surface area contributed by atoms with Crippen LogP contribution >= 0.6 is 0 Å². The molecule has 31 heavy (non-hydrogen) atoms. The SMILES string of the molecule is O=C(CCNC(=O)C1CC(=O)N(c2cccc(C(F)(F)F)c2)C1)NCc1ccncc1. The van der Waals surface area contributed by atoms with Gasteiger partial charge in [-0.15, -0.1) is 0 Å². The van der Waals surface area contributed by atoms with E-state index in [0.717, 1.165) is 17.7 Å². The fraction of sp³-hybridized carbons (Fsp3) is 0.333. The molecular weight excluding hydrogens is 413 g/mol. The Balaban J connectivity index is 1.46. The van der Waals surface area contributed by atoms with Crippen LogP contribution in [0, 0.1) is 5.92 Å². The van der Waals surface area contributed by atoms with Gasteiger partial charge in [-0.25, -0.2) is 0 Å². The summed E-state index contributed by atoms with van der Waals surface area (Å²) in [5.41, 5.74) is 0.139. The Morgan fingerprint density at radius 1 is 1.13 bits per heavy atom. The number of carbonyl (C=O) groups is 3. The lowest BCUT2D eigenvalue weighted by molar-refractivity contribution is -0.137. The van der Waals surface area contributed by atoms with Gasteiger partial charge in [-0.05, 0) is 35.9 Å². The number of rotatable bonds is 7. The number of aromatic nitrogens is 1. The molecule has 2 heterocycles. The molecule has 7 nitrogen and oxygen atoms in total. The minimum absolute atomic E-state index is 0.0137. The molecule has 1 aromatic carbocycles. The van der Waals surface area contributed by atoms with Gasteiger partial charge in [0.15, 0.2) is 0 Å². The van der Waals surface area contributed by atoms with Crippen LogP contribution in [0.2, 0.25) is 0 Å². The number of hydrogen-bond acceptors (Lipinski definition) is 4. The van der Waals surface area contributed by atoms with Crippen molar-refractivity contribution in [1.29, 1.82) is 0 Å². The van der Waals surface area contributed by atoms with E-state index in [1.807, 2.05) is 0 Å². The van der Waals surface area contributed by atoms with Crippen LogP contribution < -0.4 is 15.5 Å². The lowest BCUT2D eigenvalue weighted by atomic mass is 10.1. The molecule has 1 atom stereocenters. The number of carbonyl (C=O) groups excluding carboxylic acids is 3. The molecule has 2 N–H and O–H groups in total. The third-order valence-corrected chi connectivity index (χ3v) is 4.87. The third-order valence-electron chi connectivity index (χ3n) is 4.87. The zero-order valence-electron chi connectivity index (χ0n) is 16.5. The Bertz CT molecular complexity index is 950. The van der Waals surface area contributed by atoms with Crippen molar-refractivity contribution in [3.05, 3.63) is 59.9 Å². The molecule has 164 valence electrons. The van der Waals surface area contributed by atoms with Crippen LogP contribution in [0.25, 0.3) is 0 Å². The van der Waals surface area contributed by atoms with Crippen molar-refractivity contribution in [2.45, 2.75) is 25.6 Å². The van der Waals surface area contributed by atoms with E-state index in [4.69, 9.17) is 0 Å². The molecule has 1 saturated heterocycles. The second-order valence-corrected chi connectivity index (χ2v) is 7.13. The maximum absolute atomic E-state index is 12.9. The Kier molecular flexibility index (Phi) is 6.88. The van der Waals surface area contributed by atoms with E-state index in [1.165, 1.54) is 17.0 Å². The number of hydrogen-bond donors (Lipinski definition) is 2. The van der Waals surface area contributed by atoms with Gasteiger partial charge in [0.05, 0.1) is 11.5 Å². The van der Waals surface area contributed by atoms with Crippen LogP contribution in [0.4, 0.5) is 18.9 Å². The number of halogens is 3. The average Bonchev–Trinajstić information content (AvgIpc) is 3.14.